The van der Waals surface area contributed by atoms with Crippen molar-refractivity contribution in [1.29, 1.82) is 0 Å². The first-order valence-electron chi connectivity index (χ1n) is 5.19. The zero-order valence-corrected chi connectivity index (χ0v) is 10.6. The molecule has 17 heavy (non-hydrogen) atoms. The van der Waals surface area contributed by atoms with Crippen LogP contribution in [0.5, 0.6) is 0 Å². The Bertz CT molecular complexity index is 497. The Balaban J connectivity index is 1.96. The van der Waals surface area contributed by atoms with E-state index in [2.05, 4.69) is 26.2 Å². The first kappa shape index (κ1) is 11.8. The summed E-state index contributed by atoms with van der Waals surface area (Å²) in [6.07, 6.45) is 1.71. The Hall–Kier alpha value is -1.68. The van der Waals surface area contributed by atoms with Crippen LogP contribution in [0, 0.1) is 0 Å². The van der Waals surface area contributed by atoms with Crippen molar-refractivity contribution >= 4 is 21.8 Å². The Morgan fingerprint density at radius 1 is 1.18 bits per heavy atom. The van der Waals surface area contributed by atoms with Crippen molar-refractivity contribution in [1.82, 2.24) is 10.3 Å². The summed E-state index contributed by atoms with van der Waals surface area (Å²) in [5, 5.41) is 2.82. The van der Waals surface area contributed by atoms with Crippen molar-refractivity contribution in [2.45, 2.75) is 6.54 Å². The van der Waals surface area contributed by atoms with E-state index in [4.69, 9.17) is 0 Å². The second-order valence-electron chi connectivity index (χ2n) is 3.51. The molecule has 3 nitrogen and oxygen atoms in total. The van der Waals surface area contributed by atoms with Crippen molar-refractivity contribution < 1.29 is 4.79 Å². The van der Waals surface area contributed by atoms with Crippen LogP contribution < -0.4 is 5.32 Å². The summed E-state index contributed by atoms with van der Waals surface area (Å²) < 4.78 is 0.957. The number of rotatable bonds is 3. The molecule has 0 aliphatic heterocycles. The lowest BCUT2D eigenvalue weighted by Crippen LogP contribution is -2.23. The van der Waals surface area contributed by atoms with Gasteiger partial charge in [-0.05, 0) is 36.4 Å². The maximum absolute atomic E-state index is 11.8. The zero-order chi connectivity index (χ0) is 12.1. The van der Waals surface area contributed by atoms with E-state index in [0.29, 0.717) is 12.1 Å². The molecule has 0 bridgehead atoms. The van der Waals surface area contributed by atoms with Gasteiger partial charge < -0.3 is 5.32 Å². The van der Waals surface area contributed by atoms with Crippen molar-refractivity contribution in [2.75, 3.05) is 0 Å². The first-order chi connectivity index (χ1) is 8.25. The molecule has 0 saturated carbocycles. The number of benzene rings is 1. The van der Waals surface area contributed by atoms with Crippen molar-refractivity contribution in [3.63, 3.8) is 0 Å². The van der Waals surface area contributed by atoms with Crippen molar-refractivity contribution in [2.24, 2.45) is 0 Å². The molecule has 1 N–H and O–H groups in total. The van der Waals surface area contributed by atoms with Crippen LogP contribution in [-0.2, 0) is 6.54 Å². The van der Waals surface area contributed by atoms with E-state index in [9.17, 15) is 4.79 Å². The van der Waals surface area contributed by atoms with Gasteiger partial charge in [0.05, 0.1) is 12.2 Å². The Morgan fingerprint density at radius 3 is 2.59 bits per heavy atom. The molecule has 1 aromatic carbocycles. The molecular weight excluding hydrogens is 280 g/mol. The summed E-state index contributed by atoms with van der Waals surface area (Å²) in [4.78, 5) is 15.9. The van der Waals surface area contributed by atoms with Gasteiger partial charge in [-0.1, -0.05) is 22.0 Å². The summed E-state index contributed by atoms with van der Waals surface area (Å²) in [5.41, 5.74) is 1.49. The van der Waals surface area contributed by atoms with Crippen LogP contribution in [0.2, 0.25) is 0 Å². The molecule has 1 amide bonds. The second kappa shape index (κ2) is 5.59. The van der Waals surface area contributed by atoms with E-state index in [1.54, 1.807) is 18.3 Å². The van der Waals surface area contributed by atoms with Crippen LogP contribution in [0.25, 0.3) is 0 Å². The van der Waals surface area contributed by atoms with Crippen LogP contribution in [0.15, 0.2) is 53.1 Å². The van der Waals surface area contributed by atoms with Gasteiger partial charge in [0.1, 0.15) is 0 Å². The Labute approximate surface area is 108 Å². The molecule has 0 saturated heterocycles. The van der Waals surface area contributed by atoms with Gasteiger partial charge in [0.25, 0.3) is 5.91 Å². The van der Waals surface area contributed by atoms with Crippen LogP contribution in [0.4, 0.5) is 0 Å². The number of pyridine rings is 1. The lowest BCUT2D eigenvalue weighted by Gasteiger charge is -2.04. The third-order valence-electron chi connectivity index (χ3n) is 2.26. The average molecular weight is 291 g/mol. The third-order valence-corrected chi connectivity index (χ3v) is 2.79. The normalized spacial score (nSPS) is 9.94. The minimum atomic E-state index is -0.0943. The molecule has 1 aromatic heterocycles. The largest absolute Gasteiger partial charge is 0.346 e. The van der Waals surface area contributed by atoms with Crippen LogP contribution in [0.3, 0.4) is 0 Å². The van der Waals surface area contributed by atoms with Gasteiger partial charge in [0.2, 0.25) is 0 Å². The molecule has 0 aliphatic carbocycles. The minimum absolute atomic E-state index is 0.0943. The molecule has 0 fully saturated rings. The fourth-order valence-corrected chi connectivity index (χ4v) is 1.64. The molecular formula is C13H11BrN2O. The van der Waals surface area contributed by atoms with Crippen molar-refractivity contribution in [3.05, 3.63) is 64.4 Å². The molecule has 86 valence electrons. The zero-order valence-electron chi connectivity index (χ0n) is 9.06. The topological polar surface area (TPSA) is 42.0 Å². The van der Waals surface area contributed by atoms with Crippen LogP contribution in [-0.4, -0.2) is 10.9 Å². The van der Waals surface area contributed by atoms with E-state index in [1.165, 1.54) is 0 Å². The fraction of sp³-hybridized carbons (Fsp3) is 0.0769. The Morgan fingerprint density at radius 2 is 1.94 bits per heavy atom. The molecule has 2 rings (SSSR count). The number of hydrogen-bond donors (Lipinski definition) is 1. The van der Waals surface area contributed by atoms with Gasteiger partial charge in [-0.25, -0.2) is 0 Å². The van der Waals surface area contributed by atoms with Gasteiger partial charge in [0, 0.05) is 16.2 Å². The van der Waals surface area contributed by atoms with E-state index in [0.717, 1.165) is 10.2 Å². The molecule has 0 atom stereocenters. The van der Waals surface area contributed by atoms with E-state index in [1.807, 2.05) is 30.3 Å². The smallest absolute Gasteiger partial charge is 0.251 e. The standard InChI is InChI=1S/C13H11BrN2O/c14-11-6-4-10(5-7-11)13(17)16-9-12-3-1-2-8-15-12/h1-8H,9H2,(H,16,17). The number of hydrogen-bond acceptors (Lipinski definition) is 2. The van der Waals surface area contributed by atoms with Gasteiger partial charge in [-0.3, -0.25) is 9.78 Å². The van der Waals surface area contributed by atoms with Gasteiger partial charge in [0.15, 0.2) is 0 Å². The molecule has 0 unspecified atom stereocenters. The number of nitrogens with zero attached hydrogens (tertiary/aromatic N) is 1. The summed E-state index contributed by atoms with van der Waals surface area (Å²) in [6.45, 7) is 0.440. The highest BCUT2D eigenvalue weighted by Gasteiger charge is 2.04. The van der Waals surface area contributed by atoms with Gasteiger partial charge >= 0.3 is 0 Å². The summed E-state index contributed by atoms with van der Waals surface area (Å²) in [5.74, 6) is -0.0943. The number of aromatic nitrogens is 1. The van der Waals surface area contributed by atoms with E-state index < -0.39 is 0 Å². The quantitative estimate of drug-likeness (QED) is 0.944. The molecule has 0 spiro atoms. The SMILES string of the molecule is O=C(NCc1ccccn1)c1ccc(Br)cc1. The summed E-state index contributed by atoms with van der Waals surface area (Å²) in [7, 11) is 0. The highest BCUT2D eigenvalue weighted by atomic mass is 79.9. The van der Waals surface area contributed by atoms with Gasteiger partial charge in [-0.2, -0.15) is 0 Å². The highest BCUT2D eigenvalue weighted by Crippen LogP contribution is 2.10. The molecule has 0 radical (unpaired) electrons. The number of nitrogens with one attached hydrogen (secondary N) is 1. The fourth-order valence-electron chi connectivity index (χ4n) is 1.38. The number of carbonyl (C=O) groups is 1. The number of halogens is 1. The first-order valence-corrected chi connectivity index (χ1v) is 5.99. The predicted octanol–water partition coefficient (Wildman–Crippen LogP) is 2.77. The number of amides is 1. The third kappa shape index (κ3) is 3.39. The maximum atomic E-state index is 11.8. The molecule has 0 aliphatic rings. The molecule has 2 aromatic rings. The highest BCUT2D eigenvalue weighted by molar-refractivity contribution is 9.10. The Kier molecular flexibility index (Phi) is 3.88. The lowest BCUT2D eigenvalue weighted by molar-refractivity contribution is 0.0950. The lowest BCUT2D eigenvalue weighted by atomic mass is 10.2. The van der Waals surface area contributed by atoms with Crippen LogP contribution >= 0.6 is 15.9 Å². The predicted molar refractivity (Wildman–Crippen MR) is 69.5 cm³/mol. The van der Waals surface area contributed by atoms with E-state index >= 15 is 0 Å². The van der Waals surface area contributed by atoms with E-state index in [-0.39, 0.29) is 5.91 Å². The minimum Gasteiger partial charge on any atom is -0.346 e. The second-order valence-corrected chi connectivity index (χ2v) is 4.43. The molecule has 4 heteroatoms. The van der Waals surface area contributed by atoms with Gasteiger partial charge in [-0.15, -0.1) is 0 Å². The average Bonchev–Trinajstić information content (AvgIpc) is 2.38. The van der Waals surface area contributed by atoms with Crippen molar-refractivity contribution in [3.8, 4) is 0 Å². The van der Waals surface area contributed by atoms with Crippen LogP contribution in [0.1, 0.15) is 16.1 Å². The molecule has 1 heterocycles. The monoisotopic (exact) mass is 290 g/mol. The summed E-state index contributed by atoms with van der Waals surface area (Å²) >= 11 is 3.33. The maximum Gasteiger partial charge on any atom is 0.251 e. The number of carbonyl (C=O) groups excluding carboxylic acids is 1. The summed E-state index contributed by atoms with van der Waals surface area (Å²) in [6, 6.07) is 12.9.